The highest BCUT2D eigenvalue weighted by Gasteiger charge is 2.34. The molecule has 2 heterocycles. The Balaban J connectivity index is 1.55. The molecule has 10 heteroatoms. The minimum atomic E-state index is -1.22. The highest BCUT2D eigenvalue weighted by Crippen LogP contribution is 2.41. The maximum Gasteiger partial charge on any atom is 0.339 e. The Morgan fingerprint density at radius 1 is 1.15 bits per heavy atom. The van der Waals surface area contributed by atoms with Crippen LogP contribution in [0.5, 0.6) is 5.75 Å². The van der Waals surface area contributed by atoms with Gasteiger partial charge in [0.1, 0.15) is 11.6 Å². The van der Waals surface area contributed by atoms with Crippen LogP contribution < -0.4 is 15.0 Å². The van der Waals surface area contributed by atoms with E-state index in [-0.39, 0.29) is 12.6 Å². The van der Waals surface area contributed by atoms with Crippen LogP contribution in [0.4, 0.5) is 10.1 Å². The van der Waals surface area contributed by atoms with Crippen LogP contribution >= 0.6 is 0 Å². The summed E-state index contributed by atoms with van der Waals surface area (Å²) in [6.45, 7) is 10.7. The summed E-state index contributed by atoms with van der Waals surface area (Å²) >= 11 is 0. The Morgan fingerprint density at radius 2 is 1.85 bits per heavy atom. The lowest BCUT2D eigenvalue weighted by Gasteiger charge is -2.23. The number of aromatic amines is 1. The normalized spacial score (nSPS) is 15.4. The number of benzene rings is 2. The lowest BCUT2D eigenvalue weighted by Crippen LogP contribution is -2.35. The van der Waals surface area contributed by atoms with E-state index in [1.54, 1.807) is 30.3 Å². The van der Waals surface area contributed by atoms with Crippen molar-refractivity contribution >= 4 is 29.2 Å². The van der Waals surface area contributed by atoms with Crippen molar-refractivity contribution in [2.75, 3.05) is 44.9 Å². The van der Waals surface area contributed by atoms with Gasteiger partial charge in [0, 0.05) is 41.3 Å². The zero-order chi connectivity index (χ0) is 29.7. The average Bonchev–Trinajstić information content (AvgIpc) is 3.40. The molecular weight excluding hydrogens is 527 g/mol. The van der Waals surface area contributed by atoms with Gasteiger partial charge < -0.3 is 34.7 Å². The number of esters is 1. The first-order valence-electron chi connectivity index (χ1n) is 13.7. The largest absolute Gasteiger partial charge is 0.497 e. The Hall–Kier alpha value is -4.15. The molecule has 1 aliphatic rings. The first-order valence-corrected chi connectivity index (χ1v) is 13.7. The zero-order valence-corrected chi connectivity index (χ0v) is 24.1. The minimum Gasteiger partial charge on any atom is -0.497 e. The van der Waals surface area contributed by atoms with E-state index in [0.717, 1.165) is 19.6 Å². The number of hydrogen-bond donors (Lipinski definition) is 3. The SMILES string of the molecule is CCN(CC)CCNC(=O)c1c(C)[nH]c(/C=C2/c3cc(F)ccc3N(COC(=O)c3ccc(OC)cc3)C2O)c1C. The summed E-state index contributed by atoms with van der Waals surface area (Å²) in [6, 6.07) is 10.6. The minimum absolute atomic E-state index is 0.182. The van der Waals surface area contributed by atoms with Crippen molar-refractivity contribution in [1.82, 2.24) is 15.2 Å². The standard InChI is InChI=1S/C31H37FN4O5/c1-6-35(7-2)15-14-33-29(37)28-19(3)26(34-20(28)4)17-25-24-16-22(32)10-13-27(24)36(30(25)38)18-41-31(39)21-8-11-23(40-5)12-9-21/h8-13,16-17,30,34,38H,6-7,14-15,18H2,1-5H3,(H,33,37)/b25-17-. The monoisotopic (exact) mass is 564 g/mol. The highest BCUT2D eigenvalue weighted by molar-refractivity contribution is 6.00. The second kappa shape index (κ2) is 13.0. The molecule has 0 fully saturated rings. The van der Waals surface area contributed by atoms with Gasteiger partial charge in [-0.1, -0.05) is 13.8 Å². The molecule has 1 atom stereocenters. The van der Waals surface area contributed by atoms with Gasteiger partial charge in [0.05, 0.1) is 18.2 Å². The lowest BCUT2D eigenvalue weighted by molar-refractivity contribution is 0.0470. The summed E-state index contributed by atoms with van der Waals surface area (Å²) in [7, 11) is 1.54. The number of aliphatic hydroxyl groups excluding tert-OH is 1. The second-order valence-electron chi connectivity index (χ2n) is 9.84. The predicted octanol–water partition coefficient (Wildman–Crippen LogP) is 4.34. The fraction of sp³-hybridized carbons (Fsp3) is 0.355. The fourth-order valence-electron chi connectivity index (χ4n) is 5.03. The van der Waals surface area contributed by atoms with Crippen molar-refractivity contribution in [3.8, 4) is 5.75 Å². The average molecular weight is 565 g/mol. The molecule has 1 aliphatic heterocycles. The van der Waals surface area contributed by atoms with Gasteiger partial charge in [-0.3, -0.25) is 4.79 Å². The quantitative estimate of drug-likeness (QED) is 0.298. The van der Waals surface area contributed by atoms with Gasteiger partial charge in [-0.05, 0) is 81.0 Å². The molecule has 1 unspecified atom stereocenters. The number of anilines is 1. The Morgan fingerprint density at radius 3 is 2.51 bits per heavy atom. The molecule has 9 nitrogen and oxygen atoms in total. The van der Waals surface area contributed by atoms with Gasteiger partial charge in [0.15, 0.2) is 13.0 Å². The van der Waals surface area contributed by atoms with Crippen molar-refractivity contribution in [3.05, 3.63) is 81.9 Å². The van der Waals surface area contributed by atoms with E-state index in [9.17, 15) is 19.1 Å². The maximum atomic E-state index is 14.3. The summed E-state index contributed by atoms with van der Waals surface area (Å²) < 4.78 is 24.9. The van der Waals surface area contributed by atoms with Crippen molar-refractivity contribution in [2.45, 2.75) is 33.9 Å². The number of likely N-dealkylation sites (N-methyl/N-ethyl adjacent to an activating group) is 1. The number of methoxy groups -OCH3 is 1. The van der Waals surface area contributed by atoms with Crippen LogP contribution in [0.25, 0.3) is 11.6 Å². The number of aliphatic hydroxyl groups is 1. The van der Waals surface area contributed by atoms with Gasteiger partial charge in [0.2, 0.25) is 0 Å². The van der Waals surface area contributed by atoms with Crippen LogP contribution in [0.15, 0.2) is 42.5 Å². The molecule has 0 saturated heterocycles. The number of fused-ring (bicyclic) bond motifs is 1. The maximum absolute atomic E-state index is 14.3. The van der Waals surface area contributed by atoms with Crippen LogP contribution in [0, 0.1) is 19.7 Å². The Kier molecular flexibility index (Phi) is 9.46. The number of halogens is 1. The number of amides is 1. The Bertz CT molecular complexity index is 1430. The van der Waals surface area contributed by atoms with Crippen molar-refractivity contribution in [2.24, 2.45) is 0 Å². The van der Waals surface area contributed by atoms with Gasteiger partial charge in [-0.15, -0.1) is 0 Å². The number of nitrogens with zero attached hydrogens (tertiary/aromatic N) is 2. The molecule has 1 aromatic heterocycles. The summed E-state index contributed by atoms with van der Waals surface area (Å²) in [5.41, 5.74) is 4.29. The van der Waals surface area contributed by atoms with Crippen molar-refractivity contribution in [3.63, 3.8) is 0 Å². The van der Waals surface area contributed by atoms with E-state index < -0.39 is 18.0 Å². The van der Waals surface area contributed by atoms with Crippen molar-refractivity contribution < 1.29 is 28.6 Å². The second-order valence-corrected chi connectivity index (χ2v) is 9.84. The molecule has 0 aliphatic carbocycles. The van der Waals surface area contributed by atoms with E-state index >= 15 is 0 Å². The summed E-state index contributed by atoms with van der Waals surface area (Å²) in [5.74, 6) is -0.615. The number of nitrogens with one attached hydrogen (secondary N) is 2. The number of aromatic nitrogens is 1. The first kappa shape index (κ1) is 29.8. The van der Waals surface area contributed by atoms with Gasteiger partial charge in [-0.25, -0.2) is 9.18 Å². The van der Waals surface area contributed by atoms with E-state index in [1.807, 2.05) is 13.8 Å². The third kappa shape index (κ3) is 6.44. The molecule has 218 valence electrons. The third-order valence-electron chi connectivity index (χ3n) is 7.42. The first-order chi connectivity index (χ1) is 19.7. The molecular formula is C31H37FN4O5. The lowest BCUT2D eigenvalue weighted by atomic mass is 10.0. The number of H-pyrrole nitrogens is 1. The number of aryl methyl sites for hydroxylation is 1. The van der Waals surface area contributed by atoms with Crippen LogP contribution in [-0.4, -0.2) is 73.1 Å². The molecule has 41 heavy (non-hydrogen) atoms. The van der Waals surface area contributed by atoms with Crippen LogP contribution in [0.2, 0.25) is 0 Å². The molecule has 3 N–H and O–H groups in total. The van der Waals surface area contributed by atoms with Crippen LogP contribution in [0.3, 0.4) is 0 Å². The number of hydrogen-bond acceptors (Lipinski definition) is 7. The number of ether oxygens (including phenoxy) is 2. The predicted molar refractivity (Wildman–Crippen MR) is 156 cm³/mol. The fourth-order valence-corrected chi connectivity index (χ4v) is 5.03. The van der Waals surface area contributed by atoms with Crippen LogP contribution in [-0.2, 0) is 4.74 Å². The molecule has 0 bridgehead atoms. The molecule has 0 spiro atoms. The van der Waals surface area contributed by atoms with Crippen LogP contribution in [0.1, 0.15) is 57.1 Å². The van der Waals surface area contributed by atoms with E-state index in [2.05, 4.69) is 29.0 Å². The Labute approximate surface area is 239 Å². The molecule has 0 radical (unpaired) electrons. The number of rotatable bonds is 11. The molecule has 1 amide bonds. The number of carbonyl (C=O) groups is 2. The van der Waals surface area contributed by atoms with Gasteiger partial charge >= 0.3 is 5.97 Å². The van der Waals surface area contributed by atoms with E-state index in [4.69, 9.17) is 9.47 Å². The zero-order valence-electron chi connectivity index (χ0n) is 24.1. The van der Waals surface area contributed by atoms with Crippen molar-refractivity contribution in [1.29, 1.82) is 0 Å². The molecule has 0 saturated carbocycles. The smallest absolute Gasteiger partial charge is 0.339 e. The summed E-state index contributed by atoms with van der Waals surface area (Å²) in [5, 5.41) is 14.3. The van der Waals surface area contributed by atoms with E-state index in [1.165, 1.54) is 30.2 Å². The molecule has 2 aromatic carbocycles. The topological polar surface area (TPSA) is 107 Å². The van der Waals surface area contributed by atoms with Gasteiger partial charge in [0.25, 0.3) is 5.91 Å². The van der Waals surface area contributed by atoms with E-state index in [0.29, 0.717) is 57.2 Å². The summed E-state index contributed by atoms with van der Waals surface area (Å²) in [4.78, 5) is 32.6. The third-order valence-corrected chi connectivity index (χ3v) is 7.42. The summed E-state index contributed by atoms with van der Waals surface area (Å²) in [6.07, 6.45) is 0.494. The van der Waals surface area contributed by atoms with Gasteiger partial charge in [-0.2, -0.15) is 0 Å². The molecule has 4 rings (SSSR count). The molecule has 3 aromatic rings. The highest BCUT2D eigenvalue weighted by atomic mass is 19.1. The number of carbonyl (C=O) groups excluding carboxylic acids is 2.